The maximum atomic E-state index is 12.9. The van der Waals surface area contributed by atoms with Crippen molar-refractivity contribution in [2.45, 2.75) is 31.3 Å². The maximum Gasteiger partial charge on any atom is 0.226 e. The molecule has 2 aliphatic rings. The molecular weight excluding hydrogens is 362 g/mol. The lowest BCUT2D eigenvalue weighted by Gasteiger charge is -2.24. The van der Waals surface area contributed by atoms with E-state index in [0.717, 1.165) is 31.0 Å². The van der Waals surface area contributed by atoms with E-state index in [1.807, 2.05) is 29.2 Å². The first-order valence-corrected chi connectivity index (χ1v) is 9.71. The van der Waals surface area contributed by atoms with Gasteiger partial charge < -0.3 is 10.6 Å². The molecule has 0 radical (unpaired) electrons. The van der Waals surface area contributed by atoms with Crippen LogP contribution in [0.3, 0.4) is 0 Å². The SMILES string of the molecule is CN(Cc1nccc(N)n1)[C@@H]1CCN(C(=O)[C@@H]2C[C@H]2c2ccc(Cl)cc2)C1. The Balaban J connectivity index is 1.31. The Hall–Kier alpha value is -2.18. The smallest absolute Gasteiger partial charge is 0.226 e. The van der Waals surface area contributed by atoms with Gasteiger partial charge in [0, 0.05) is 36.3 Å². The number of halogens is 1. The highest BCUT2D eigenvalue weighted by molar-refractivity contribution is 6.30. The molecule has 2 N–H and O–H groups in total. The fourth-order valence-corrected chi connectivity index (χ4v) is 4.05. The number of likely N-dealkylation sites (N-methyl/N-ethyl adjacent to an activating group) is 1. The predicted octanol–water partition coefficient (Wildman–Crippen LogP) is 2.55. The molecule has 7 heteroatoms. The standard InChI is InChI=1S/C20H24ClN5O/c1-25(12-19-23-8-6-18(22)24-19)15-7-9-26(11-15)20(27)17-10-16(17)13-2-4-14(21)5-3-13/h2-6,8,15-17H,7,9-12H2,1H3,(H2,22,23,24)/t15-,16+,17-/m1/s1. The van der Waals surface area contributed by atoms with Crippen LogP contribution in [-0.2, 0) is 11.3 Å². The minimum absolute atomic E-state index is 0.118. The van der Waals surface area contributed by atoms with Gasteiger partial charge in [0.1, 0.15) is 11.6 Å². The molecule has 2 fully saturated rings. The monoisotopic (exact) mass is 385 g/mol. The highest BCUT2D eigenvalue weighted by Gasteiger charge is 2.47. The van der Waals surface area contributed by atoms with Gasteiger partial charge in [-0.2, -0.15) is 0 Å². The van der Waals surface area contributed by atoms with Gasteiger partial charge in [0.25, 0.3) is 0 Å². The summed E-state index contributed by atoms with van der Waals surface area (Å²) in [5.41, 5.74) is 6.94. The van der Waals surface area contributed by atoms with Crippen molar-refractivity contribution < 1.29 is 4.79 Å². The Morgan fingerprint density at radius 1 is 1.33 bits per heavy atom. The Morgan fingerprint density at radius 3 is 2.85 bits per heavy atom. The van der Waals surface area contributed by atoms with Crippen LogP contribution >= 0.6 is 11.6 Å². The Bertz CT molecular complexity index is 827. The fraction of sp³-hybridized carbons (Fsp3) is 0.450. The molecule has 1 aromatic carbocycles. The number of anilines is 1. The van der Waals surface area contributed by atoms with Crippen molar-refractivity contribution in [1.82, 2.24) is 19.8 Å². The van der Waals surface area contributed by atoms with E-state index in [1.165, 1.54) is 5.56 Å². The van der Waals surface area contributed by atoms with Crippen molar-refractivity contribution in [3.8, 4) is 0 Å². The lowest BCUT2D eigenvalue weighted by atomic mass is 10.1. The van der Waals surface area contributed by atoms with Gasteiger partial charge in [-0.3, -0.25) is 9.69 Å². The molecule has 3 atom stereocenters. The van der Waals surface area contributed by atoms with Crippen molar-refractivity contribution in [3.63, 3.8) is 0 Å². The van der Waals surface area contributed by atoms with Crippen LogP contribution in [0.1, 0.15) is 30.1 Å². The van der Waals surface area contributed by atoms with E-state index in [2.05, 4.69) is 21.9 Å². The van der Waals surface area contributed by atoms with Crippen molar-refractivity contribution >= 4 is 23.3 Å². The van der Waals surface area contributed by atoms with Gasteiger partial charge in [0.15, 0.2) is 0 Å². The van der Waals surface area contributed by atoms with Gasteiger partial charge in [0.2, 0.25) is 5.91 Å². The molecule has 2 aromatic rings. The van der Waals surface area contributed by atoms with Crippen molar-refractivity contribution in [2.24, 2.45) is 5.92 Å². The van der Waals surface area contributed by atoms with Gasteiger partial charge >= 0.3 is 0 Å². The molecule has 1 aromatic heterocycles. The van der Waals surface area contributed by atoms with Crippen LogP contribution in [0.5, 0.6) is 0 Å². The molecule has 27 heavy (non-hydrogen) atoms. The Morgan fingerprint density at radius 2 is 2.11 bits per heavy atom. The summed E-state index contributed by atoms with van der Waals surface area (Å²) in [6.45, 7) is 2.21. The highest BCUT2D eigenvalue weighted by atomic mass is 35.5. The van der Waals surface area contributed by atoms with Crippen molar-refractivity contribution in [1.29, 1.82) is 0 Å². The van der Waals surface area contributed by atoms with E-state index >= 15 is 0 Å². The number of carbonyl (C=O) groups excluding carboxylic acids is 1. The number of nitrogens with two attached hydrogens (primary N) is 1. The van der Waals surface area contributed by atoms with E-state index in [0.29, 0.717) is 30.1 Å². The number of nitrogens with zero attached hydrogens (tertiary/aromatic N) is 4. The minimum atomic E-state index is 0.118. The molecule has 1 amide bonds. The number of aromatic nitrogens is 2. The number of hydrogen-bond acceptors (Lipinski definition) is 5. The minimum Gasteiger partial charge on any atom is -0.384 e. The number of likely N-dealkylation sites (tertiary alicyclic amines) is 1. The maximum absolute atomic E-state index is 12.9. The second-order valence-corrected chi connectivity index (χ2v) is 7.98. The zero-order valence-electron chi connectivity index (χ0n) is 15.4. The summed E-state index contributed by atoms with van der Waals surface area (Å²) in [6, 6.07) is 9.88. The molecule has 1 saturated heterocycles. The Labute approximate surface area is 164 Å². The summed E-state index contributed by atoms with van der Waals surface area (Å²) in [4.78, 5) is 25.6. The third kappa shape index (κ3) is 4.06. The molecule has 1 aliphatic heterocycles. The number of carbonyl (C=O) groups is 1. The first-order valence-electron chi connectivity index (χ1n) is 9.33. The molecule has 4 rings (SSSR count). The fourth-order valence-electron chi connectivity index (χ4n) is 3.93. The molecule has 0 spiro atoms. The molecule has 2 heterocycles. The molecule has 0 bridgehead atoms. The predicted molar refractivity (Wildman–Crippen MR) is 105 cm³/mol. The van der Waals surface area contributed by atoms with Crippen molar-refractivity contribution in [2.75, 3.05) is 25.9 Å². The molecule has 6 nitrogen and oxygen atoms in total. The molecular formula is C20H24ClN5O. The summed E-state index contributed by atoms with van der Waals surface area (Å²) < 4.78 is 0. The number of hydrogen-bond donors (Lipinski definition) is 1. The lowest BCUT2D eigenvalue weighted by molar-refractivity contribution is -0.131. The summed E-state index contributed by atoms with van der Waals surface area (Å²) in [5.74, 6) is 1.94. The van der Waals surface area contributed by atoms with Gasteiger partial charge in [-0.1, -0.05) is 23.7 Å². The van der Waals surface area contributed by atoms with Crippen LogP contribution in [0, 0.1) is 5.92 Å². The summed E-state index contributed by atoms with van der Waals surface area (Å²) in [6.07, 6.45) is 3.59. The average Bonchev–Trinajstić information content (AvgIpc) is 3.28. The zero-order chi connectivity index (χ0) is 19.0. The van der Waals surface area contributed by atoms with E-state index in [9.17, 15) is 4.79 Å². The van der Waals surface area contributed by atoms with Crippen LogP contribution in [0.4, 0.5) is 5.82 Å². The molecule has 1 aliphatic carbocycles. The number of amides is 1. The van der Waals surface area contributed by atoms with E-state index < -0.39 is 0 Å². The zero-order valence-corrected chi connectivity index (χ0v) is 16.1. The summed E-state index contributed by atoms with van der Waals surface area (Å²) in [5, 5.41) is 0.733. The summed E-state index contributed by atoms with van der Waals surface area (Å²) in [7, 11) is 2.05. The second-order valence-electron chi connectivity index (χ2n) is 7.54. The van der Waals surface area contributed by atoms with Crippen LogP contribution in [0.2, 0.25) is 5.02 Å². The lowest BCUT2D eigenvalue weighted by Crippen LogP contribution is -2.37. The topological polar surface area (TPSA) is 75.4 Å². The van der Waals surface area contributed by atoms with Gasteiger partial charge in [-0.25, -0.2) is 9.97 Å². The van der Waals surface area contributed by atoms with Crippen molar-refractivity contribution in [3.05, 3.63) is 52.9 Å². The molecule has 1 saturated carbocycles. The van der Waals surface area contributed by atoms with Gasteiger partial charge in [-0.15, -0.1) is 0 Å². The highest BCUT2D eigenvalue weighted by Crippen LogP contribution is 2.49. The largest absolute Gasteiger partial charge is 0.384 e. The second kappa shape index (κ2) is 7.44. The summed E-state index contributed by atoms with van der Waals surface area (Å²) >= 11 is 5.96. The quantitative estimate of drug-likeness (QED) is 0.856. The van der Waals surface area contributed by atoms with Crippen LogP contribution in [-0.4, -0.2) is 51.9 Å². The molecule has 0 unspecified atom stereocenters. The Kier molecular flexibility index (Phi) is 5.02. The van der Waals surface area contributed by atoms with Crippen LogP contribution in [0.15, 0.2) is 36.5 Å². The number of nitrogen functional groups attached to an aromatic ring is 1. The van der Waals surface area contributed by atoms with E-state index in [4.69, 9.17) is 17.3 Å². The first-order chi connectivity index (χ1) is 13.0. The van der Waals surface area contributed by atoms with Gasteiger partial charge in [-0.05, 0) is 49.6 Å². The number of rotatable bonds is 5. The van der Waals surface area contributed by atoms with E-state index in [1.54, 1.807) is 12.3 Å². The molecule has 142 valence electrons. The number of benzene rings is 1. The third-order valence-electron chi connectivity index (χ3n) is 5.62. The third-order valence-corrected chi connectivity index (χ3v) is 5.87. The first kappa shape index (κ1) is 18.2. The average molecular weight is 386 g/mol. The van der Waals surface area contributed by atoms with Gasteiger partial charge in [0.05, 0.1) is 6.54 Å². The van der Waals surface area contributed by atoms with E-state index in [-0.39, 0.29) is 11.8 Å². The normalized spacial score (nSPS) is 24.4. The van der Waals surface area contributed by atoms with Crippen LogP contribution < -0.4 is 5.73 Å². The van der Waals surface area contributed by atoms with Crippen LogP contribution in [0.25, 0.3) is 0 Å².